The Bertz CT molecular complexity index is 639. The topological polar surface area (TPSA) is 63.5 Å². The van der Waals surface area contributed by atoms with Crippen molar-refractivity contribution in [1.29, 1.82) is 0 Å². The largest absolute Gasteiger partial charge is 0.379 e. The zero-order valence-electron chi connectivity index (χ0n) is 14.8. The fourth-order valence-electron chi connectivity index (χ4n) is 3.94. The van der Waals surface area contributed by atoms with Gasteiger partial charge in [0.15, 0.2) is 5.67 Å². The summed E-state index contributed by atoms with van der Waals surface area (Å²) in [6.07, 6.45) is 3.22. The van der Waals surface area contributed by atoms with Gasteiger partial charge in [0.05, 0.1) is 25.5 Å². The number of alkyl halides is 1. The number of hydrogen-bond donors (Lipinski definition) is 0. The van der Waals surface area contributed by atoms with Crippen LogP contribution in [0.1, 0.15) is 43.0 Å². The van der Waals surface area contributed by atoms with E-state index in [1.165, 1.54) is 12.8 Å². The molecule has 25 heavy (non-hydrogen) atoms. The number of carbonyl (C=O) groups is 1. The molecule has 1 aromatic rings. The quantitative estimate of drug-likeness (QED) is 0.711. The SMILES string of the molecule is Cn1nnc2c1[C@H](COCCN1CCCC1)CN(C(=O)C1(F)CC1)C2. The van der Waals surface area contributed by atoms with Gasteiger partial charge in [0, 0.05) is 26.1 Å². The average Bonchev–Trinajstić information content (AvgIpc) is 3.00. The van der Waals surface area contributed by atoms with Crippen LogP contribution in [0.4, 0.5) is 4.39 Å². The van der Waals surface area contributed by atoms with E-state index in [4.69, 9.17) is 4.74 Å². The number of fused-ring (bicyclic) bond motifs is 1. The van der Waals surface area contributed by atoms with Crippen molar-refractivity contribution in [2.45, 2.75) is 43.8 Å². The van der Waals surface area contributed by atoms with Crippen LogP contribution in [0.15, 0.2) is 0 Å². The number of rotatable bonds is 6. The Labute approximate surface area is 147 Å². The third-order valence-corrected chi connectivity index (χ3v) is 5.54. The molecule has 1 aromatic heterocycles. The summed E-state index contributed by atoms with van der Waals surface area (Å²) < 4.78 is 21.9. The maximum absolute atomic E-state index is 14.2. The molecule has 3 aliphatic rings. The highest BCUT2D eigenvalue weighted by Gasteiger charge is 2.53. The molecule has 1 amide bonds. The van der Waals surface area contributed by atoms with Crippen LogP contribution in [-0.4, -0.2) is 75.8 Å². The fraction of sp³-hybridized carbons (Fsp3) is 0.824. The van der Waals surface area contributed by atoms with Gasteiger partial charge in [-0.2, -0.15) is 0 Å². The molecule has 138 valence electrons. The monoisotopic (exact) mass is 351 g/mol. The van der Waals surface area contributed by atoms with Gasteiger partial charge < -0.3 is 14.5 Å². The van der Waals surface area contributed by atoms with E-state index >= 15 is 0 Å². The highest BCUT2D eigenvalue weighted by Crippen LogP contribution is 2.42. The van der Waals surface area contributed by atoms with Crippen molar-refractivity contribution >= 4 is 5.91 Å². The van der Waals surface area contributed by atoms with Crippen molar-refractivity contribution in [3.8, 4) is 0 Å². The molecule has 7 nitrogen and oxygen atoms in total. The first kappa shape index (κ1) is 16.9. The van der Waals surface area contributed by atoms with Crippen LogP contribution >= 0.6 is 0 Å². The minimum absolute atomic E-state index is 0.00590. The Hall–Kier alpha value is -1.54. The number of hydrogen-bond acceptors (Lipinski definition) is 5. The molecule has 8 heteroatoms. The molecule has 3 heterocycles. The summed E-state index contributed by atoms with van der Waals surface area (Å²) in [5, 5.41) is 8.25. The number of carbonyl (C=O) groups excluding carboxylic acids is 1. The van der Waals surface area contributed by atoms with E-state index in [2.05, 4.69) is 15.2 Å². The summed E-state index contributed by atoms with van der Waals surface area (Å²) in [5.41, 5.74) is 0.134. The van der Waals surface area contributed by atoms with Crippen LogP contribution in [-0.2, 0) is 23.1 Å². The third kappa shape index (κ3) is 3.42. The second-order valence-corrected chi connectivity index (χ2v) is 7.52. The predicted molar refractivity (Wildman–Crippen MR) is 88.7 cm³/mol. The van der Waals surface area contributed by atoms with Crippen LogP contribution < -0.4 is 0 Å². The zero-order valence-corrected chi connectivity index (χ0v) is 14.8. The number of ether oxygens (including phenoxy) is 1. The second-order valence-electron chi connectivity index (χ2n) is 7.52. The molecule has 2 fully saturated rings. The Balaban J connectivity index is 1.38. The Morgan fingerprint density at radius 1 is 1.36 bits per heavy atom. The second kappa shape index (κ2) is 6.64. The fourth-order valence-corrected chi connectivity index (χ4v) is 3.94. The average molecular weight is 351 g/mol. The first-order chi connectivity index (χ1) is 12.1. The van der Waals surface area contributed by atoms with Crippen molar-refractivity contribution in [3.63, 3.8) is 0 Å². The van der Waals surface area contributed by atoms with Crippen LogP contribution in [0, 0.1) is 0 Å². The van der Waals surface area contributed by atoms with Crippen molar-refractivity contribution in [1.82, 2.24) is 24.8 Å². The maximum Gasteiger partial charge on any atom is 0.260 e. The summed E-state index contributed by atoms with van der Waals surface area (Å²) in [6.45, 7) is 5.26. The number of halogens is 1. The molecule has 4 rings (SSSR count). The zero-order chi connectivity index (χ0) is 17.4. The lowest BCUT2D eigenvalue weighted by molar-refractivity contribution is -0.139. The van der Waals surface area contributed by atoms with E-state index in [1.807, 2.05) is 7.05 Å². The number of likely N-dealkylation sites (tertiary alicyclic amines) is 1. The summed E-state index contributed by atoms with van der Waals surface area (Å²) in [5.74, 6) is -0.403. The van der Waals surface area contributed by atoms with Gasteiger partial charge in [-0.25, -0.2) is 4.39 Å². The van der Waals surface area contributed by atoms with Crippen molar-refractivity contribution < 1.29 is 13.9 Å². The van der Waals surface area contributed by atoms with Gasteiger partial charge in [-0.05, 0) is 38.8 Å². The molecular formula is C17H26FN5O2. The Kier molecular flexibility index (Phi) is 4.49. The molecule has 1 saturated heterocycles. The third-order valence-electron chi connectivity index (χ3n) is 5.54. The van der Waals surface area contributed by atoms with Crippen LogP contribution in [0.25, 0.3) is 0 Å². The molecule has 0 radical (unpaired) electrons. The molecule has 0 N–H and O–H groups in total. The molecule has 0 aromatic carbocycles. The van der Waals surface area contributed by atoms with Crippen LogP contribution in [0.2, 0.25) is 0 Å². The normalized spacial score (nSPS) is 25.2. The van der Waals surface area contributed by atoms with Gasteiger partial charge in [0.25, 0.3) is 5.91 Å². The highest BCUT2D eigenvalue weighted by molar-refractivity contribution is 5.88. The van der Waals surface area contributed by atoms with Crippen LogP contribution in [0.5, 0.6) is 0 Å². The van der Waals surface area contributed by atoms with E-state index in [1.54, 1.807) is 9.58 Å². The number of aryl methyl sites for hydroxylation is 1. The Morgan fingerprint density at radius 3 is 2.84 bits per heavy atom. The van der Waals surface area contributed by atoms with Crippen molar-refractivity contribution in [2.24, 2.45) is 7.05 Å². The van der Waals surface area contributed by atoms with E-state index in [0.29, 0.717) is 39.1 Å². The lowest BCUT2D eigenvalue weighted by Crippen LogP contribution is -2.44. The molecular weight excluding hydrogens is 325 g/mol. The molecule has 1 aliphatic carbocycles. The smallest absolute Gasteiger partial charge is 0.260 e. The van der Waals surface area contributed by atoms with Gasteiger partial charge in [0.2, 0.25) is 0 Å². The highest BCUT2D eigenvalue weighted by atomic mass is 19.1. The molecule has 0 unspecified atom stereocenters. The van der Waals surface area contributed by atoms with Crippen molar-refractivity contribution in [2.75, 3.05) is 39.4 Å². The van der Waals surface area contributed by atoms with Gasteiger partial charge in [0.1, 0.15) is 5.69 Å². The molecule has 1 saturated carbocycles. The standard InChI is InChI=1S/C17H26FN5O2/c1-21-15-13(12-25-9-8-22-6-2-3-7-22)10-23(11-14(15)19-20-21)16(24)17(18)4-5-17/h13H,2-12H2,1H3/t13-/m0/s1. The first-order valence-corrected chi connectivity index (χ1v) is 9.24. The van der Waals surface area contributed by atoms with E-state index in [0.717, 1.165) is 31.0 Å². The molecule has 2 aliphatic heterocycles. The first-order valence-electron chi connectivity index (χ1n) is 9.24. The van der Waals surface area contributed by atoms with Crippen molar-refractivity contribution in [3.05, 3.63) is 11.4 Å². The molecule has 0 bridgehead atoms. The lowest BCUT2D eigenvalue weighted by atomic mass is 9.98. The van der Waals surface area contributed by atoms with E-state index < -0.39 is 11.6 Å². The van der Waals surface area contributed by atoms with Gasteiger partial charge in [-0.15, -0.1) is 5.10 Å². The number of amides is 1. The summed E-state index contributed by atoms with van der Waals surface area (Å²) >= 11 is 0. The maximum atomic E-state index is 14.2. The summed E-state index contributed by atoms with van der Waals surface area (Å²) in [6, 6.07) is 0. The number of nitrogens with zero attached hydrogens (tertiary/aromatic N) is 5. The van der Waals surface area contributed by atoms with Gasteiger partial charge in [-0.3, -0.25) is 9.48 Å². The predicted octanol–water partition coefficient (Wildman–Crippen LogP) is 0.855. The van der Waals surface area contributed by atoms with Gasteiger partial charge in [-0.1, -0.05) is 5.21 Å². The molecule has 1 atom stereocenters. The van der Waals surface area contributed by atoms with Crippen LogP contribution in [0.3, 0.4) is 0 Å². The lowest BCUT2D eigenvalue weighted by Gasteiger charge is -2.33. The van der Waals surface area contributed by atoms with E-state index in [-0.39, 0.29) is 5.92 Å². The van der Waals surface area contributed by atoms with E-state index in [9.17, 15) is 9.18 Å². The number of aromatic nitrogens is 3. The summed E-state index contributed by atoms with van der Waals surface area (Å²) in [7, 11) is 1.86. The minimum Gasteiger partial charge on any atom is -0.379 e. The van der Waals surface area contributed by atoms with Gasteiger partial charge >= 0.3 is 0 Å². The minimum atomic E-state index is -1.64. The Morgan fingerprint density at radius 2 is 2.12 bits per heavy atom. The summed E-state index contributed by atoms with van der Waals surface area (Å²) in [4.78, 5) is 16.4. The molecule has 0 spiro atoms.